The Balaban J connectivity index is 2.58. The second-order valence-electron chi connectivity index (χ2n) is 6.76. The van der Waals surface area contributed by atoms with Gasteiger partial charge in [-0.25, -0.2) is 0 Å². The Morgan fingerprint density at radius 3 is 2.14 bits per heavy atom. The molecule has 0 atom stereocenters. The van der Waals surface area contributed by atoms with Gasteiger partial charge in [-0.1, -0.05) is 32.9 Å². The third kappa shape index (κ3) is 5.93. The van der Waals surface area contributed by atoms with Crippen LogP contribution in [0.1, 0.15) is 43.0 Å². The lowest BCUT2D eigenvalue weighted by Gasteiger charge is -2.22. The maximum Gasteiger partial charge on any atom is 0.166 e. The third-order valence-corrected chi connectivity index (χ3v) is 4.10. The first-order valence-electron chi connectivity index (χ1n) is 7.87. The zero-order valence-corrected chi connectivity index (χ0v) is 15.6. The summed E-state index contributed by atoms with van der Waals surface area (Å²) in [5, 5.41) is 7.07. The molecule has 0 aliphatic heterocycles. The second kappa shape index (κ2) is 8.49. The molecule has 0 heterocycles. The van der Waals surface area contributed by atoms with E-state index < -0.39 is 0 Å². The minimum atomic E-state index is 0.194. The lowest BCUT2D eigenvalue weighted by molar-refractivity contribution is 0.204. The van der Waals surface area contributed by atoms with E-state index in [0.717, 1.165) is 19.5 Å². The SMILES string of the molecule is COCCNC(=S)NCCc1c(C)cc(C(C)(C)C)cc1C. The zero-order chi connectivity index (χ0) is 16.8. The number of rotatable bonds is 6. The van der Waals surface area contributed by atoms with E-state index >= 15 is 0 Å². The van der Waals surface area contributed by atoms with E-state index in [-0.39, 0.29) is 5.41 Å². The summed E-state index contributed by atoms with van der Waals surface area (Å²) in [4.78, 5) is 0. The van der Waals surface area contributed by atoms with Crippen LogP contribution < -0.4 is 10.6 Å². The van der Waals surface area contributed by atoms with E-state index in [9.17, 15) is 0 Å². The van der Waals surface area contributed by atoms with Crippen molar-refractivity contribution in [1.29, 1.82) is 0 Å². The number of hydrogen-bond donors (Lipinski definition) is 2. The van der Waals surface area contributed by atoms with Crippen LogP contribution in [0.25, 0.3) is 0 Å². The van der Waals surface area contributed by atoms with Crippen molar-refractivity contribution in [3.63, 3.8) is 0 Å². The fourth-order valence-electron chi connectivity index (χ4n) is 2.45. The Morgan fingerprint density at radius 1 is 1.09 bits per heavy atom. The predicted molar refractivity (Wildman–Crippen MR) is 98.8 cm³/mol. The molecule has 0 spiro atoms. The number of ether oxygens (including phenoxy) is 1. The van der Waals surface area contributed by atoms with E-state index in [0.29, 0.717) is 11.7 Å². The molecule has 2 N–H and O–H groups in total. The van der Waals surface area contributed by atoms with E-state index in [2.05, 4.69) is 57.4 Å². The van der Waals surface area contributed by atoms with Gasteiger partial charge in [0.15, 0.2) is 5.11 Å². The number of thiocarbonyl (C=S) groups is 1. The van der Waals surface area contributed by atoms with Crippen molar-refractivity contribution in [3.05, 3.63) is 34.4 Å². The standard InChI is InChI=1S/C18H30N2OS/c1-13-11-15(18(3,4)5)12-14(2)16(13)7-8-19-17(22)20-9-10-21-6/h11-12H,7-10H2,1-6H3,(H2,19,20,22). The molecule has 0 fully saturated rings. The van der Waals surface area contributed by atoms with Gasteiger partial charge in [0.25, 0.3) is 0 Å². The van der Waals surface area contributed by atoms with E-state index in [1.54, 1.807) is 7.11 Å². The molecule has 0 radical (unpaired) electrons. The van der Waals surface area contributed by atoms with Gasteiger partial charge in [-0.15, -0.1) is 0 Å². The van der Waals surface area contributed by atoms with Gasteiger partial charge in [-0.05, 0) is 60.2 Å². The van der Waals surface area contributed by atoms with Crippen molar-refractivity contribution < 1.29 is 4.74 Å². The summed E-state index contributed by atoms with van der Waals surface area (Å²) in [5.74, 6) is 0. The minimum Gasteiger partial charge on any atom is -0.383 e. The van der Waals surface area contributed by atoms with Crippen LogP contribution in [0.3, 0.4) is 0 Å². The highest BCUT2D eigenvalue weighted by Gasteiger charge is 2.16. The molecule has 22 heavy (non-hydrogen) atoms. The molecule has 0 aliphatic carbocycles. The van der Waals surface area contributed by atoms with Crippen LogP contribution >= 0.6 is 12.2 Å². The molecule has 0 aromatic heterocycles. The van der Waals surface area contributed by atoms with Crippen molar-refractivity contribution in [2.24, 2.45) is 0 Å². The van der Waals surface area contributed by atoms with E-state index in [1.807, 2.05) is 0 Å². The molecule has 0 aliphatic rings. The molecule has 0 bridgehead atoms. The number of benzene rings is 1. The van der Waals surface area contributed by atoms with Gasteiger partial charge in [0.2, 0.25) is 0 Å². The summed E-state index contributed by atoms with van der Waals surface area (Å²) in [7, 11) is 1.69. The summed E-state index contributed by atoms with van der Waals surface area (Å²) in [5.41, 5.74) is 5.74. The Labute approximate surface area is 140 Å². The van der Waals surface area contributed by atoms with Crippen LogP contribution in [-0.4, -0.2) is 31.9 Å². The summed E-state index contributed by atoms with van der Waals surface area (Å²) in [6.07, 6.45) is 0.980. The quantitative estimate of drug-likeness (QED) is 0.622. The normalized spacial score (nSPS) is 11.4. The molecule has 0 saturated heterocycles. The topological polar surface area (TPSA) is 33.3 Å². The first-order chi connectivity index (χ1) is 10.3. The molecule has 3 nitrogen and oxygen atoms in total. The summed E-state index contributed by atoms with van der Waals surface area (Å²) < 4.78 is 4.99. The maximum atomic E-state index is 5.24. The monoisotopic (exact) mass is 322 g/mol. The van der Waals surface area contributed by atoms with Gasteiger partial charge in [-0.2, -0.15) is 0 Å². The van der Waals surface area contributed by atoms with Crippen LogP contribution in [0.4, 0.5) is 0 Å². The van der Waals surface area contributed by atoms with Crippen LogP contribution in [0.5, 0.6) is 0 Å². The maximum absolute atomic E-state index is 5.24. The highest BCUT2D eigenvalue weighted by atomic mass is 32.1. The summed E-state index contributed by atoms with van der Waals surface area (Å²) >= 11 is 5.24. The van der Waals surface area contributed by atoms with Crippen LogP contribution in [0.15, 0.2) is 12.1 Å². The molecule has 4 heteroatoms. The number of hydrogen-bond acceptors (Lipinski definition) is 2. The second-order valence-corrected chi connectivity index (χ2v) is 7.17. The molecule has 0 saturated carbocycles. The molecular weight excluding hydrogens is 292 g/mol. The van der Waals surface area contributed by atoms with Crippen molar-refractivity contribution in [2.45, 2.75) is 46.5 Å². The van der Waals surface area contributed by atoms with Crippen LogP contribution in [-0.2, 0) is 16.6 Å². The average Bonchev–Trinajstić information content (AvgIpc) is 2.41. The van der Waals surface area contributed by atoms with Crippen molar-refractivity contribution in [1.82, 2.24) is 10.6 Å². The van der Waals surface area contributed by atoms with Crippen molar-refractivity contribution >= 4 is 17.3 Å². The van der Waals surface area contributed by atoms with Gasteiger partial charge in [0, 0.05) is 20.2 Å². The van der Waals surface area contributed by atoms with Crippen LogP contribution in [0.2, 0.25) is 0 Å². The van der Waals surface area contributed by atoms with Crippen molar-refractivity contribution in [3.8, 4) is 0 Å². The molecular formula is C18H30N2OS. The van der Waals surface area contributed by atoms with Gasteiger partial charge in [0.1, 0.15) is 0 Å². The molecule has 0 amide bonds. The first-order valence-corrected chi connectivity index (χ1v) is 8.27. The van der Waals surface area contributed by atoms with Gasteiger partial charge < -0.3 is 15.4 Å². The number of methoxy groups -OCH3 is 1. The van der Waals surface area contributed by atoms with E-state index in [1.165, 1.54) is 22.3 Å². The first kappa shape index (κ1) is 18.9. The highest BCUT2D eigenvalue weighted by molar-refractivity contribution is 7.80. The predicted octanol–water partition coefficient (Wildman–Crippen LogP) is 3.25. The van der Waals surface area contributed by atoms with Gasteiger partial charge >= 0.3 is 0 Å². The van der Waals surface area contributed by atoms with Gasteiger partial charge in [0.05, 0.1) is 6.61 Å². The molecule has 1 aromatic rings. The fraction of sp³-hybridized carbons (Fsp3) is 0.611. The lowest BCUT2D eigenvalue weighted by atomic mass is 9.83. The van der Waals surface area contributed by atoms with E-state index in [4.69, 9.17) is 17.0 Å². The molecule has 0 unspecified atom stereocenters. The fourth-order valence-corrected chi connectivity index (χ4v) is 2.66. The molecule has 1 aromatic carbocycles. The minimum absolute atomic E-state index is 0.194. The summed E-state index contributed by atoms with van der Waals surface area (Å²) in [6, 6.07) is 4.63. The lowest BCUT2D eigenvalue weighted by Crippen LogP contribution is -2.38. The largest absolute Gasteiger partial charge is 0.383 e. The zero-order valence-electron chi connectivity index (χ0n) is 14.8. The number of aryl methyl sites for hydroxylation is 2. The third-order valence-electron chi connectivity index (χ3n) is 3.81. The Kier molecular flexibility index (Phi) is 7.30. The van der Waals surface area contributed by atoms with Gasteiger partial charge in [-0.3, -0.25) is 0 Å². The average molecular weight is 323 g/mol. The smallest absolute Gasteiger partial charge is 0.166 e. The number of nitrogens with one attached hydrogen (secondary N) is 2. The Bertz CT molecular complexity index is 483. The molecule has 124 valence electrons. The summed E-state index contributed by atoms with van der Waals surface area (Å²) in [6.45, 7) is 13.4. The highest BCUT2D eigenvalue weighted by Crippen LogP contribution is 2.26. The van der Waals surface area contributed by atoms with Crippen LogP contribution in [0, 0.1) is 13.8 Å². The molecule has 1 rings (SSSR count). The van der Waals surface area contributed by atoms with Crippen molar-refractivity contribution in [2.75, 3.05) is 26.8 Å². The Morgan fingerprint density at radius 2 is 1.64 bits per heavy atom. The Hall–Kier alpha value is -1.13.